The molecule has 3 rings (SSSR count). The van der Waals surface area contributed by atoms with E-state index in [-0.39, 0.29) is 11.6 Å². The van der Waals surface area contributed by atoms with E-state index in [4.69, 9.17) is 5.73 Å². The number of carbonyl (C=O) groups excluding carboxylic acids is 2. The summed E-state index contributed by atoms with van der Waals surface area (Å²) in [5, 5.41) is 5.77. The Balaban J connectivity index is 1.71. The summed E-state index contributed by atoms with van der Waals surface area (Å²) in [4.78, 5) is 35.3. The third-order valence-corrected chi connectivity index (χ3v) is 3.23. The molecule has 0 bridgehead atoms. The number of hydrogen-bond acceptors (Lipinski definition) is 6. The summed E-state index contributed by atoms with van der Waals surface area (Å²) in [7, 11) is 0. The van der Waals surface area contributed by atoms with Gasteiger partial charge in [-0.25, -0.2) is 9.97 Å². The molecule has 2 aromatic heterocycles. The fraction of sp³-hybridized carbons (Fsp3) is 0. The first-order valence-corrected chi connectivity index (χ1v) is 7.32. The van der Waals surface area contributed by atoms with Crippen LogP contribution in [0.5, 0.6) is 0 Å². The molecule has 0 spiro atoms. The molecule has 8 heteroatoms. The van der Waals surface area contributed by atoms with Crippen LogP contribution in [0.1, 0.15) is 20.8 Å². The molecule has 1 aromatic carbocycles. The average Bonchev–Trinajstić information content (AvgIpc) is 2.63. The van der Waals surface area contributed by atoms with Gasteiger partial charge in [-0.05, 0) is 30.3 Å². The van der Waals surface area contributed by atoms with E-state index < -0.39 is 5.91 Å². The van der Waals surface area contributed by atoms with E-state index in [2.05, 4.69) is 25.6 Å². The molecule has 3 aromatic rings. The molecule has 0 aliphatic rings. The van der Waals surface area contributed by atoms with Crippen LogP contribution in [0.25, 0.3) is 0 Å². The van der Waals surface area contributed by atoms with Crippen LogP contribution in [0.3, 0.4) is 0 Å². The molecule has 0 saturated heterocycles. The second kappa shape index (κ2) is 7.18. The third-order valence-electron chi connectivity index (χ3n) is 3.23. The quantitative estimate of drug-likeness (QED) is 0.655. The van der Waals surface area contributed by atoms with Crippen LogP contribution in [0, 0.1) is 0 Å². The zero-order valence-corrected chi connectivity index (χ0v) is 13.0. The van der Waals surface area contributed by atoms with Gasteiger partial charge in [0.2, 0.25) is 0 Å². The number of hydrogen-bond donors (Lipinski definition) is 3. The first kappa shape index (κ1) is 16.1. The number of nitrogens with zero attached hydrogens (tertiary/aromatic N) is 3. The van der Waals surface area contributed by atoms with Crippen molar-refractivity contribution in [1.82, 2.24) is 15.0 Å². The number of nitrogens with one attached hydrogen (secondary N) is 2. The molecule has 8 nitrogen and oxygen atoms in total. The average molecular weight is 334 g/mol. The van der Waals surface area contributed by atoms with Crippen LogP contribution in [0.15, 0.2) is 61.2 Å². The summed E-state index contributed by atoms with van der Waals surface area (Å²) in [6.07, 6.45) is 6.10. The predicted octanol–water partition coefficient (Wildman–Crippen LogP) is 1.97. The van der Waals surface area contributed by atoms with Gasteiger partial charge in [0.25, 0.3) is 11.8 Å². The Kier molecular flexibility index (Phi) is 4.61. The molecule has 0 aliphatic heterocycles. The second-order valence-corrected chi connectivity index (χ2v) is 5.05. The summed E-state index contributed by atoms with van der Waals surface area (Å²) in [6, 6.07) is 9.95. The fourth-order valence-electron chi connectivity index (χ4n) is 2.07. The molecule has 0 unspecified atom stereocenters. The number of primary amides is 1. The first-order valence-electron chi connectivity index (χ1n) is 7.32. The highest BCUT2D eigenvalue weighted by Crippen LogP contribution is 2.16. The van der Waals surface area contributed by atoms with Crippen molar-refractivity contribution in [3.8, 4) is 0 Å². The lowest BCUT2D eigenvalue weighted by molar-refractivity contribution is 0.0994. The number of carbonyl (C=O) groups is 2. The molecule has 4 N–H and O–H groups in total. The van der Waals surface area contributed by atoms with Crippen molar-refractivity contribution in [2.75, 3.05) is 10.6 Å². The summed E-state index contributed by atoms with van der Waals surface area (Å²) in [6.45, 7) is 0. The van der Waals surface area contributed by atoms with E-state index in [9.17, 15) is 9.59 Å². The number of amides is 2. The Morgan fingerprint density at radius 3 is 2.52 bits per heavy atom. The van der Waals surface area contributed by atoms with Crippen molar-refractivity contribution in [2.45, 2.75) is 0 Å². The highest BCUT2D eigenvalue weighted by Gasteiger charge is 2.08. The highest BCUT2D eigenvalue weighted by atomic mass is 16.2. The molecular formula is C17H14N6O2. The zero-order valence-electron chi connectivity index (χ0n) is 13.0. The topological polar surface area (TPSA) is 123 Å². The normalized spacial score (nSPS) is 10.1. The molecule has 124 valence electrons. The van der Waals surface area contributed by atoms with Crippen LogP contribution in [0.4, 0.5) is 17.2 Å². The Morgan fingerprint density at radius 2 is 1.84 bits per heavy atom. The number of anilines is 3. The molecule has 25 heavy (non-hydrogen) atoms. The monoisotopic (exact) mass is 334 g/mol. The van der Waals surface area contributed by atoms with Crippen LogP contribution < -0.4 is 16.4 Å². The third kappa shape index (κ3) is 4.14. The standard InChI is InChI=1S/C17H14N6O2/c18-16(24)14-5-4-13(9-21-14)23-17(25)11-2-1-3-12(8-11)22-15-10-19-6-7-20-15/h1-10H,(H2,18,24)(H,20,22)(H,23,25). The van der Waals surface area contributed by atoms with Crippen molar-refractivity contribution >= 4 is 29.0 Å². The van der Waals surface area contributed by atoms with Gasteiger partial charge in [0.15, 0.2) is 0 Å². The summed E-state index contributed by atoms with van der Waals surface area (Å²) in [5.74, 6) is -0.358. The number of rotatable bonds is 5. The minimum atomic E-state index is -0.624. The Labute approximate surface area is 143 Å². The Morgan fingerprint density at radius 1 is 0.960 bits per heavy atom. The van der Waals surface area contributed by atoms with Crippen LogP contribution in [-0.4, -0.2) is 26.8 Å². The number of aromatic nitrogens is 3. The van der Waals surface area contributed by atoms with Gasteiger partial charge in [0.1, 0.15) is 11.5 Å². The summed E-state index contributed by atoms with van der Waals surface area (Å²) >= 11 is 0. The van der Waals surface area contributed by atoms with Crippen molar-refractivity contribution in [2.24, 2.45) is 5.73 Å². The van der Waals surface area contributed by atoms with E-state index in [1.165, 1.54) is 12.3 Å². The molecule has 0 aliphatic carbocycles. The molecule has 0 atom stereocenters. The maximum atomic E-state index is 12.4. The maximum Gasteiger partial charge on any atom is 0.267 e. The largest absolute Gasteiger partial charge is 0.364 e. The number of benzene rings is 1. The maximum absolute atomic E-state index is 12.4. The Bertz CT molecular complexity index is 897. The smallest absolute Gasteiger partial charge is 0.267 e. The molecule has 0 saturated carbocycles. The lowest BCUT2D eigenvalue weighted by Gasteiger charge is -2.08. The van der Waals surface area contributed by atoms with Gasteiger partial charge in [0, 0.05) is 23.6 Å². The van der Waals surface area contributed by atoms with Crippen molar-refractivity contribution in [3.05, 3.63) is 72.4 Å². The van der Waals surface area contributed by atoms with Crippen molar-refractivity contribution < 1.29 is 9.59 Å². The van der Waals surface area contributed by atoms with Gasteiger partial charge >= 0.3 is 0 Å². The minimum Gasteiger partial charge on any atom is -0.364 e. The number of nitrogens with two attached hydrogens (primary N) is 1. The summed E-state index contributed by atoms with van der Waals surface area (Å²) < 4.78 is 0. The van der Waals surface area contributed by atoms with Gasteiger partial charge in [0.05, 0.1) is 18.1 Å². The van der Waals surface area contributed by atoms with Crippen molar-refractivity contribution in [1.29, 1.82) is 0 Å². The van der Waals surface area contributed by atoms with Crippen molar-refractivity contribution in [3.63, 3.8) is 0 Å². The van der Waals surface area contributed by atoms with Gasteiger partial charge in [-0.15, -0.1) is 0 Å². The van der Waals surface area contributed by atoms with Crippen LogP contribution in [-0.2, 0) is 0 Å². The predicted molar refractivity (Wildman–Crippen MR) is 92.5 cm³/mol. The fourth-order valence-corrected chi connectivity index (χ4v) is 2.07. The van der Waals surface area contributed by atoms with E-state index in [0.717, 1.165) is 0 Å². The number of pyridine rings is 1. The van der Waals surface area contributed by atoms with E-state index in [1.54, 1.807) is 42.9 Å². The lowest BCUT2D eigenvalue weighted by Crippen LogP contribution is -2.15. The minimum absolute atomic E-state index is 0.133. The SMILES string of the molecule is NC(=O)c1ccc(NC(=O)c2cccc(Nc3cnccn3)c2)cn1. The van der Waals surface area contributed by atoms with E-state index in [1.807, 2.05) is 6.07 Å². The molecule has 2 amide bonds. The lowest BCUT2D eigenvalue weighted by atomic mass is 10.2. The van der Waals surface area contributed by atoms with Gasteiger partial charge in [-0.3, -0.25) is 14.6 Å². The van der Waals surface area contributed by atoms with Crippen LogP contribution in [0.2, 0.25) is 0 Å². The molecule has 0 fully saturated rings. The zero-order chi connectivity index (χ0) is 17.6. The van der Waals surface area contributed by atoms with Gasteiger partial charge < -0.3 is 16.4 Å². The van der Waals surface area contributed by atoms with E-state index in [0.29, 0.717) is 22.8 Å². The van der Waals surface area contributed by atoms with Crippen LogP contribution >= 0.6 is 0 Å². The van der Waals surface area contributed by atoms with Gasteiger partial charge in [-0.2, -0.15) is 0 Å². The van der Waals surface area contributed by atoms with E-state index >= 15 is 0 Å². The first-order chi connectivity index (χ1) is 12.1. The van der Waals surface area contributed by atoms with Gasteiger partial charge in [-0.1, -0.05) is 6.07 Å². The highest BCUT2D eigenvalue weighted by molar-refractivity contribution is 6.05. The molecule has 0 radical (unpaired) electrons. The second-order valence-electron chi connectivity index (χ2n) is 5.05. The Hall–Kier alpha value is -3.81. The summed E-state index contributed by atoms with van der Waals surface area (Å²) in [5.41, 5.74) is 6.88. The molecule has 2 heterocycles. The molecular weight excluding hydrogens is 320 g/mol.